The smallest absolute Gasteiger partial charge is 0.253 e. The number of hydrogen-bond donors (Lipinski definition) is 2. The highest BCUT2D eigenvalue weighted by Gasteiger charge is 2.32. The van der Waals surface area contributed by atoms with Crippen molar-refractivity contribution >= 4 is 44.8 Å². The minimum atomic E-state index is -3.77. The van der Waals surface area contributed by atoms with Crippen molar-refractivity contribution in [3.63, 3.8) is 0 Å². The van der Waals surface area contributed by atoms with Gasteiger partial charge < -0.3 is 10.6 Å². The SMILES string of the molecule is CCC(C(=O)Nc1ccccc1C(=O)NC1CCCCC1)N(c1ccc(Cl)cc1)S(C)(=O)=O. The first kappa shape index (κ1) is 25.1. The van der Waals surface area contributed by atoms with Crippen molar-refractivity contribution in [2.45, 2.75) is 57.5 Å². The largest absolute Gasteiger partial charge is 0.349 e. The predicted octanol–water partition coefficient (Wildman–Crippen LogP) is 4.59. The zero-order chi connectivity index (χ0) is 24.0. The summed E-state index contributed by atoms with van der Waals surface area (Å²) < 4.78 is 26.3. The molecule has 2 N–H and O–H groups in total. The lowest BCUT2D eigenvalue weighted by Gasteiger charge is -2.30. The molecular formula is C24H30ClN3O4S. The Morgan fingerprint density at radius 1 is 1.06 bits per heavy atom. The molecule has 1 aliphatic carbocycles. The standard InChI is InChI=1S/C24H30ClN3O4S/c1-3-22(28(33(2,31)32)19-15-13-17(25)14-16-19)24(30)27-21-12-8-7-11-20(21)23(29)26-18-9-5-4-6-10-18/h7-8,11-16,18,22H,3-6,9-10H2,1-2H3,(H,26,29)(H,27,30). The normalized spacial score (nSPS) is 15.5. The fourth-order valence-electron chi connectivity index (χ4n) is 4.16. The zero-order valence-corrected chi connectivity index (χ0v) is 20.5. The Kier molecular flexibility index (Phi) is 8.37. The van der Waals surface area contributed by atoms with Gasteiger partial charge in [0.15, 0.2) is 0 Å². The first-order valence-corrected chi connectivity index (χ1v) is 13.4. The van der Waals surface area contributed by atoms with Crippen LogP contribution in [0.15, 0.2) is 48.5 Å². The van der Waals surface area contributed by atoms with Gasteiger partial charge in [-0.05, 0) is 55.7 Å². The number of carbonyl (C=O) groups is 2. The number of sulfonamides is 1. The summed E-state index contributed by atoms with van der Waals surface area (Å²) in [7, 11) is -3.77. The first-order chi connectivity index (χ1) is 15.7. The van der Waals surface area contributed by atoms with E-state index >= 15 is 0 Å². The highest BCUT2D eigenvalue weighted by atomic mass is 35.5. The number of para-hydroxylation sites is 1. The highest BCUT2D eigenvalue weighted by molar-refractivity contribution is 7.92. The number of hydrogen-bond acceptors (Lipinski definition) is 4. The molecule has 7 nitrogen and oxygen atoms in total. The van der Waals surface area contributed by atoms with Crippen LogP contribution in [0, 0.1) is 0 Å². The van der Waals surface area contributed by atoms with Gasteiger partial charge in [-0.25, -0.2) is 8.42 Å². The molecule has 1 unspecified atom stereocenters. The molecule has 0 aliphatic heterocycles. The van der Waals surface area contributed by atoms with E-state index in [1.165, 1.54) is 6.42 Å². The van der Waals surface area contributed by atoms with Crippen LogP contribution in [0.1, 0.15) is 55.8 Å². The Labute approximate surface area is 200 Å². The number of nitrogens with one attached hydrogen (secondary N) is 2. The first-order valence-electron chi connectivity index (χ1n) is 11.2. The average molecular weight is 492 g/mol. The van der Waals surface area contributed by atoms with E-state index in [0.717, 1.165) is 36.2 Å². The Hall–Kier alpha value is -2.58. The van der Waals surface area contributed by atoms with Crippen LogP contribution in [0.2, 0.25) is 5.02 Å². The third-order valence-electron chi connectivity index (χ3n) is 5.78. The maximum Gasteiger partial charge on any atom is 0.253 e. The lowest BCUT2D eigenvalue weighted by molar-refractivity contribution is -0.117. The lowest BCUT2D eigenvalue weighted by Crippen LogP contribution is -2.47. The summed E-state index contributed by atoms with van der Waals surface area (Å²) in [5.74, 6) is -0.765. The van der Waals surface area contributed by atoms with Gasteiger partial charge in [0.1, 0.15) is 6.04 Å². The molecule has 0 bridgehead atoms. The van der Waals surface area contributed by atoms with Gasteiger partial charge in [-0.1, -0.05) is 49.9 Å². The van der Waals surface area contributed by atoms with Crippen LogP contribution in [0.3, 0.4) is 0 Å². The fraction of sp³-hybridized carbons (Fsp3) is 0.417. The molecule has 9 heteroatoms. The fourth-order valence-corrected chi connectivity index (χ4v) is 5.50. The monoisotopic (exact) mass is 491 g/mol. The number of nitrogens with zero attached hydrogens (tertiary/aromatic N) is 1. The maximum absolute atomic E-state index is 13.3. The van der Waals surface area contributed by atoms with Gasteiger partial charge in [-0.2, -0.15) is 0 Å². The van der Waals surface area contributed by atoms with Crippen molar-refractivity contribution in [3.8, 4) is 0 Å². The minimum absolute atomic E-state index is 0.129. The second kappa shape index (κ2) is 11.0. The molecule has 0 saturated heterocycles. The van der Waals surface area contributed by atoms with Crippen molar-refractivity contribution in [2.75, 3.05) is 15.9 Å². The summed E-state index contributed by atoms with van der Waals surface area (Å²) in [5, 5.41) is 6.30. The Bertz CT molecular complexity index is 1080. The van der Waals surface area contributed by atoms with E-state index in [9.17, 15) is 18.0 Å². The third kappa shape index (κ3) is 6.48. The molecule has 0 heterocycles. The summed E-state index contributed by atoms with van der Waals surface area (Å²) >= 11 is 5.95. The zero-order valence-electron chi connectivity index (χ0n) is 18.9. The molecule has 0 aromatic heterocycles. The second-order valence-corrected chi connectivity index (χ2v) is 10.6. The number of anilines is 2. The van der Waals surface area contributed by atoms with Crippen LogP contribution < -0.4 is 14.9 Å². The predicted molar refractivity (Wildman–Crippen MR) is 132 cm³/mol. The van der Waals surface area contributed by atoms with Crippen LogP contribution in [0.5, 0.6) is 0 Å². The summed E-state index contributed by atoms with van der Waals surface area (Å²) in [6.07, 6.45) is 6.55. The molecular weight excluding hydrogens is 462 g/mol. The van der Waals surface area contributed by atoms with Gasteiger partial charge in [-0.3, -0.25) is 13.9 Å². The maximum atomic E-state index is 13.3. The second-order valence-electron chi connectivity index (χ2n) is 8.30. The number of rotatable bonds is 8. The molecule has 1 fully saturated rings. The van der Waals surface area contributed by atoms with Gasteiger partial charge in [0.05, 0.1) is 23.2 Å². The average Bonchev–Trinajstić information content (AvgIpc) is 2.78. The number of benzene rings is 2. The van der Waals surface area contributed by atoms with E-state index in [1.54, 1.807) is 55.5 Å². The van der Waals surface area contributed by atoms with E-state index < -0.39 is 22.0 Å². The molecule has 2 amide bonds. The molecule has 1 aliphatic rings. The van der Waals surface area contributed by atoms with Crippen LogP contribution in [0.4, 0.5) is 11.4 Å². The molecule has 2 aromatic carbocycles. The summed E-state index contributed by atoms with van der Waals surface area (Å²) in [5.41, 5.74) is 1.04. The molecule has 2 aromatic rings. The minimum Gasteiger partial charge on any atom is -0.349 e. The van der Waals surface area contributed by atoms with Gasteiger partial charge in [0.25, 0.3) is 5.91 Å². The van der Waals surface area contributed by atoms with E-state index in [1.807, 2.05) is 0 Å². The van der Waals surface area contributed by atoms with Gasteiger partial charge >= 0.3 is 0 Å². The molecule has 1 atom stereocenters. The van der Waals surface area contributed by atoms with Crippen molar-refractivity contribution in [1.82, 2.24) is 5.32 Å². The van der Waals surface area contributed by atoms with Crippen LogP contribution >= 0.6 is 11.6 Å². The van der Waals surface area contributed by atoms with E-state index in [2.05, 4.69) is 10.6 Å². The van der Waals surface area contributed by atoms with Gasteiger partial charge in [-0.15, -0.1) is 0 Å². The highest BCUT2D eigenvalue weighted by Crippen LogP contribution is 2.26. The van der Waals surface area contributed by atoms with E-state index in [-0.39, 0.29) is 18.4 Å². The van der Waals surface area contributed by atoms with Crippen LogP contribution in [0.25, 0.3) is 0 Å². The lowest BCUT2D eigenvalue weighted by atomic mass is 9.95. The molecule has 0 radical (unpaired) electrons. The Balaban J connectivity index is 1.84. The van der Waals surface area contributed by atoms with Crippen LogP contribution in [-0.2, 0) is 14.8 Å². The molecule has 1 saturated carbocycles. The van der Waals surface area contributed by atoms with E-state index in [0.29, 0.717) is 22.0 Å². The Morgan fingerprint density at radius 3 is 2.30 bits per heavy atom. The molecule has 178 valence electrons. The summed E-state index contributed by atoms with van der Waals surface area (Å²) in [6.45, 7) is 1.74. The van der Waals surface area contributed by atoms with Crippen molar-refractivity contribution in [3.05, 3.63) is 59.1 Å². The van der Waals surface area contributed by atoms with Crippen molar-refractivity contribution in [2.24, 2.45) is 0 Å². The summed E-state index contributed by atoms with van der Waals surface area (Å²) in [6, 6.07) is 12.2. The number of carbonyl (C=O) groups excluding carboxylic acids is 2. The topological polar surface area (TPSA) is 95.6 Å². The number of halogens is 1. The molecule has 3 rings (SSSR count). The third-order valence-corrected chi connectivity index (χ3v) is 7.21. The van der Waals surface area contributed by atoms with Crippen molar-refractivity contribution < 1.29 is 18.0 Å². The van der Waals surface area contributed by atoms with Crippen LogP contribution in [-0.4, -0.2) is 38.6 Å². The van der Waals surface area contributed by atoms with Gasteiger partial charge in [0, 0.05) is 11.1 Å². The van der Waals surface area contributed by atoms with E-state index in [4.69, 9.17) is 11.6 Å². The quantitative estimate of drug-likeness (QED) is 0.564. The number of amides is 2. The van der Waals surface area contributed by atoms with Crippen molar-refractivity contribution in [1.29, 1.82) is 0 Å². The molecule has 33 heavy (non-hydrogen) atoms. The Morgan fingerprint density at radius 2 is 1.70 bits per heavy atom. The van der Waals surface area contributed by atoms with Gasteiger partial charge in [0.2, 0.25) is 15.9 Å². The summed E-state index contributed by atoms with van der Waals surface area (Å²) in [4.78, 5) is 26.2. The molecule has 0 spiro atoms.